The Morgan fingerprint density at radius 2 is 1.88 bits per heavy atom. The Morgan fingerprint density at radius 3 is 2.62 bits per heavy atom. The quantitative estimate of drug-likeness (QED) is 0.603. The van der Waals surface area contributed by atoms with E-state index in [4.69, 9.17) is 17.3 Å². The summed E-state index contributed by atoms with van der Waals surface area (Å²) in [5.41, 5.74) is 9.79. The first-order chi connectivity index (χ1) is 11.5. The Morgan fingerprint density at radius 1 is 1.17 bits per heavy atom. The zero-order valence-corrected chi connectivity index (χ0v) is 13.4. The molecule has 10 heteroatoms. The summed E-state index contributed by atoms with van der Waals surface area (Å²) < 4.78 is 13.8. The number of halogens is 2. The maximum Gasteiger partial charge on any atom is 0.292 e. The number of fused-ring (bicyclic) bond motifs is 1. The van der Waals surface area contributed by atoms with Gasteiger partial charge in [0.1, 0.15) is 10.7 Å². The molecule has 2 heterocycles. The van der Waals surface area contributed by atoms with Gasteiger partial charge in [0.15, 0.2) is 11.5 Å². The summed E-state index contributed by atoms with van der Waals surface area (Å²) in [6, 6.07) is 4.02. The van der Waals surface area contributed by atoms with Gasteiger partial charge in [-0.25, -0.2) is 14.4 Å². The van der Waals surface area contributed by atoms with Crippen molar-refractivity contribution in [2.45, 2.75) is 0 Å². The second-order valence-corrected chi connectivity index (χ2v) is 6.01. The molecule has 0 radical (unpaired) electrons. The Kier molecular flexibility index (Phi) is 4.28. The van der Waals surface area contributed by atoms with E-state index in [2.05, 4.69) is 20.8 Å². The molecule has 0 aliphatic rings. The molecule has 0 fully saturated rings. The van der Waals surface area contributed by atoms with E-state index in [0.29, 0.717) is 10.1 Å². The number of hydrazine groups is 1. The lowest BCUT2D eigenvalue weighted by Gasteiger charge is -2.06. The minimum absolute atomic E-state index is 0.0698. The maximum absolute atomic E-state index is 13.2. The normalized spacial score (nSPS) is 10.6. The molecule has 24 heavy (non-hydrogen) atoms. The van der Waals surface area contributed by atoms with Gasteiger partial charge in [-0.3, -0.25) is 20.4 Å². The molecule has 0 saturated heterocycles. The molecule has 3 rings (SSSR count). The molecule has 3 aromatic rings. The molecule has 0 atom stereocenters. The fraction of sp³-hybridized carbons (Fsp3) is 0. The minimum Gasteiger partial charge on any atom is -0.382 e. The van der Waals surface area contributed by atoms with Gasteiger partial charge in [0.05, 0.1) is 5.02 Å². The molecular formula is C14H9ClFN5O2S. The molecule has 0 aliphatic carbocycles. The van der Waals surface area contributed by atoms with Crippen LogP contribution in [0.25, 0.3) is 10.1 Å². The maximum atomic E-state index is 13.2. The highest BCUT2D eigenvalue weighted by atomic mass is 35.5. The van der Waals surface area contributed by atoms with Crippen LogP contribution >= 0.6 is 22.9 Å². The number of aromatic nitrogens is 2. The molecule has 7 nitrogen and oxygen atoms in total. The Bertz CT molecular complexity index is 961. The molecule has 0 saturated carbocycles. The number of hydrogen-bond acceptors (Lipinski definition) is 6. The van der Waals surface area contributed by atoms with E-state index in [1.807, 2.05) is 0 Å². The molecule has 2 aromatic heterocycles. The van der Waals surface area contributed by atoms with Crippen molar-refractivity contribution in [1.29, 1.82) is 0 Å². The largest absolute Gasteiger partial charge is 0.382 e. The van der Waals surface area contributed by atoms with Gasteiger partial charge in [0.2, 0.25) is 0 Å². The third kappa shape index (κ3) is 2.99. The Hall–Kier alpha value is -2.78. The van der Waals surface area contributed by atoms with Crippen LogP contribution < -0.4 is 16.6 Å². The minimum atomic E-state index is -0.725. The van der Waals surface area contributed by atoms with Gasteiger partial charge in [-0.05, 0) is 18.2 Å². The Labute approximate surface area is 143 Å². The number of nitrogen functional groups attached to an aromatic ring is 1. The predicted molar refractivity (Wildman–Crippen MR) is 88.2 cm³/mol. The van der Waals surface area contributed by atoms with Crippen LogP contribution in [0.5, 0.6) is 0 Å². The summed E-state index contributed by atoms with van der Waals surface area (Å²) in [6.07, 6.45) is 2.63. The molecule has 0 bridgehead atoms. The van der Waals surface area contributed by atoms with Crippen molar-refractivity contribution in [2.75, 3.05) is 5.73 Å². The first kappa shape index (κ1) is 16.1. The highest BCUT2D eigenvalue weighted by molar-refractivity contribution is 7.21. The number of amides is 2. The SMILES string of the molecule is Nc1nccnc1C(=O)NNC(=O)c1sc2cc(F)ccc2c1Cl. The van der Waals surface area contributed by atoms with E-state index < -0.39 is 17.6 Å². The van der Waals surface area contributed by atoms with E-state index in [1.165, 1.54) is 30.6 Å². The van der Waals surface area contributed by atoms with Crippen molar-refractivity contribution in [2.24, 2.45) is 0 Å². The van der Waals surface area contributed by atoms with Gasteiger partial charge < -0.3 is 5.73 Å². The second kappa shape index (κ2) is 6.38. The van der Waals surface area contributed by atoms with E-state index in [0.717, 1.165) is 11.3 Å². The van der Waals surface area contributed by atoms with Crippen molar-refractivity contribution in [3.8, 4) is 0 Å². The van der Waals surface area contributed by atoms with Crippen LogP contribution in [-0.2, 0) is 0 Å². The topological polar surface area (TPSA) is 110 Å². The predicted octanol–water partition coefficient (Wildman–Crippen LogP) is 2.14. The zero-order valence-electron chi connectivity index (χ0n) is 11.8. The van der Waals surface area contributed by atoms with Crippen molar-refractivity contribution in [1.82, 2.24) is 20.8 Å². The number of carbonyl (C=O) groups is 2. The van der Waals surface area contributed by atoms with Crippen molar-refractivity contribution in [3.05, 3.63) is 52.0 Å². The molecule has 0 unspecified atom stereocenters. The lowest BCUT2D eigenvalue weighted by atomic mass is 10.2. The van der Waals surface area contributed by atoms with Crippen molar-refractivity contribution >= 4 is 50.7 Å². The van der Waals surface area contributed by atoms with E-state index >= 15 is 0 Å². The molecule has 122 valence electrons. The number of thiophene rings is 1. The number of anilines is 1. The van der Waals surface area contributed by atoms with Gasteiger partial charge >= 0.3 is 0 Å². The van der Waals surface area contributed by atoms with Gasteiger partial charge in [-0.15, -0.1) is 11.3 Å². The summed E-state index contributed by atoms with van der Waals surface area (Å²) in [4.78, 5) is 31.7. The van der Waals surface area contributed by atoms with Crippen molar-refractivity contribution in [3.63, 3.8) is 0 Å². The number of benzene rings is 1. The van der Waals surface area contributed by atoms with Gasteiger partial charge in [-0.1, -0.05) is 11.6 Å². The number of rotatable bonds is 2. The average Bonchev–Trinajstić information content (AvgIpc) is 2.89. The average molecular weight is 366 g/mol. The standard InChI is InChI=1S/C14H9ClFN5O2S/c15-9-7-2-1-6(16)5-8(7)24-11(9)14(23)21-20-13(22)10-12(17)19-4-3-18-10/h1-5H,(H2,17,19)(H,20,22)(H,21,23). The highest BCUT2D eigenvalue weighted by Gasteiger charge is 2.19. The highest BCUT2D eigenvalue weighted by Crippen LogP contribution is 2.35. The number of nitrogens with one attached hydrogen (secondary N) is 2. The van der Waals surface area contributed by atoms with E-state index in [-0.39, 0.29) is 21.4 Å². The summed E-state index contributed by atoms with van der Waals surface area (Å²) in [7, 11) is 0. The first-order valence-corrected chi connectivity index (χ1v) is 7.71. The van der Waals surface area contributed by atoms with Crippen LogP contribution in [0.4, 0.5) is 10.2 Å². The molecule has 0 spiro atoms. The molecule has 4 N–H and O–H groups in total. The molecule has 2 amide bonds. The van der Waals surface area contributed by atoms with Crippen LogP contribution in [0.2, 0.25) is 5.02 Å². The molecule has 1 aromatic carbocycles. The fourth-order valence-electron chi connectivity index (χ4n) is 1.94. The van der Waals surface area contributed by atoms with Crippen LogP contribution in [0.1, 0.15) is 20.2 Å². The smallest absolute Gasteiger partial charge is 0.292 e. The summed E-state index contributed by atoms with van der Waals surface area (Å²) >= 11 is 7.14. The summed E-state index contributed by atoms with van der Waals surface area (Å²) in [5.74, 6) is -1.87. The second-order valence-electron chi connectivity index (χ2n) is 4.58. The van der Waals surface area contributed by atoms with Crippen LogP contribution in [0.3, 0.4) is 0 Å². The van der Waals surface area contributed by atoms with Crippen LogP contribution in [0.15, 0.2) is 30.6 Å². The summed E-state index contributed by atoms with van der Waals surface area (Å²) in [6.45, 7) is 0. The van der Waals surface area contributed by atoms with Crippen molar-refractivity contribution < 1.29 is 14.0 Å². The first-order valence-electron chi connectivity index (χ1n) is 6.52. The number of hydrogen-bond donors (Lipinski definition) is 3. The van der Waals surface area contributed by atoms with Gasteiger partial charge in [-0.2, -0.15) is 0 Å². The lowest BCUT2D eigenvalue weighted by molar-refractivity contribution is 0.0846. The van der Waals surface area contributed by atoms with Gasteiger partial charge in [0, 0.05) is 22.5 Å². The Balaban J connectivity index is 1.77. The van der Waals surface area contributed by atoms with E-state index in [1.54, 1.807) is 0 Å². The van der Waals surface area contributed by atoms with E-state index in [9.17, 15) is 14.0 Å². The lowest BCUT2D eigenvalue weighted by Crippen LogP contribution is -2.42. The van der Waals surface area contributed by atoms with Crippen LogP contribution in [0, 0.1) is 5.82 Å². The third-order valence-electron chi connectivity index (χ3n) is 3.03. The zero-order chi connectivity index (χ0) is 17.3. The fourth-order valence-corrected chi connectivity index (χ4v) is 3.38. The third-order valence-corrected chi connectivity index (χ3v) is 4.68. The molecule has 0 aliphatic heterocycles. The number of nitrogens with two attached hydrogens (primary N) is 1. The van der Waals surface area contributed by atoms with Gasteiger partial charge in [0.25, 0.3) is 11.8 Å². The monoisotopic (exact) mass is 365 g/mol. The molecular weight excluding hydrogens is 357 g/mol. The number of carbonyl (C=O) groups excluding carboxylic acids is 2. The number of nitrogens with zero attached hydrogens (tertiary/aromatic N) is 2. The summed E-state index contributed by atoms with van der Waals surface area (Å²) in [5, 5.41) is 0.735. The van der Waals surface area contributed by atoms with Crippen LogP contribution in [-0.4, -0.2) is 21.8 Å².